The molecule has 0 radical (unpaired) electrons. The van der Waals surface area contributed by atoms with Crippen molar-refractivity contribution in [3.63, 3.8) is 0 Å². The number of thioether (sulfide) groups is 1. The normalized spacial score (nSPS) is 12.9. The number of carbonyl (C=O) groups is 1. The Morgan fingerprint density at radius 2 is 1.88 bits per heavy atom. The van der Waals surface area contributed by atoms with Crippen molar-refractivity contribution in [3.8, 4) is 5.75 Å². The van der Waals surface area contributed by atoms with Gasteiger partial charge >= 0.3 is 0 Å². The first-order valence-corrected chi connectivity index (χ1v) is 12.5. The Labute approximate surface area is 205 Å². The number of carbonyl (C=O) groups excluding carboxylic acids is 1. The Balaban J connectivity index is 1.52. The number of aryl methyl sites for hydroxylation is 1. The number of benzene rings is 2. The maximum atomic E-state index is 13.3. The van der Waals surface area contributed by atoms with E-state index in [-0.39, 0.29) is 11.5 Å². The monoisotopic (exact) mass is 540 g/mol. The van der Waals surface area contributed by atoms with E-state index in [1.165, 1.54) is 27.8 Å². The van der Waals surface area contributed by atoms with E-state index in [1.807, 2.05) is 24.3 Å². The number of amides is 1. The summed E-state index contributed by atoms with van der Waals surface area (Å²) < 4.78 is 7.47. The van der Waals surface area contributed by atoms with Gasteiger partial charge in [0.05, 0.1) is 23.1 Å². The molecule has 2 aromatic heterocycles. The summed E-state index contributed by atoms with van der Waals surface area (Å²) in [6, 6.07) is 14.9. The molecule has 1 amide bonds. The number of thiophene rings is 1. The summed E-state index contributed by atoms with van der Waals surface area (Å²) in [7, 11) is 1.59. The first-order valence-electron chi connectivity index (χ1n) is 9.92. The SMILES string of the molecule is COc1ccc(NC(=O)c2sc3nc4n(c(=O)c3c2C)N=C(c2ccc(Br)cc2)CS4)cc1. The molecule has 0 aliphatic carbocycles. The van der Waals surface area contributed by atoms with Gasteiger partial charge in [0, 0.05) is 15.9 Å². The highest BCUT2D eigenvalue weighted by atomic mass is 79.9. The van der Waals surface area contributed by atoms with Crippen LogP contribution in [0.1, 0.15) is 20.8 Å². The second kappa shape index (κ2) is 8.77. The van der Waals surface area contributed by atoms with Crippen molar-refractivity contribution in [1.29, 1.82) is 0 Å². The second-order valence-electron chi connectivity index (χ2n) is 7.27. The first kappa shape index (κ1) is 21.9. The fraction of sp³-hybridized carbons (Fsp3) is 0.130. The van der Waals surface area contributed by atoms with Gasteiger partial charge in [0.15, 0.2) is 5.16 Å². The van der Waals surface area contributed by atoms with Crippen LogP contribution in [0.2, 0.25) is 0 Å². The maximum Gasteiger partial charge on any atom is 0.283 e. The van der Waals surface area contributed by atoms with Crippen LogP contribution >= 0.6 is 39.0 Å². The van der Waals surface area contributed by atoms with Crippen molar-refractivity contribution in [3.05, 3.63) is 79.4 Å². The molecule has 1 N–H and O–H groups in total. The van der Waals surface area contributed by atoms with Crippen molar-refractivity contribution in [2.45, 2.75) is 12.1 Å². The van der Waals surface area contributed by atoms with Crippen LogP contribution in [0.25, 0.3) is 10.2 Å². The van der Waals surface area contributed by atoms with Crippen molar-refractivity contribution >= 4 is 66.6 Å². The van der Waals surface area contributed by atoms with E-state index < -0.39 is 0 Å². The average Bonchev–Trinajstić information content (AvgIpc) is 3.16. The molecule has 1 aliphatic rings. The van der Waals surface area contributed by atoms with Crippen LogP contribution in [0.5, 0.6) is 5.75 Å². The van der Waals surface area contributed by atoms with Crippen molar-refractivity contribution in [1.82, 2.24) is 9.66 Å². The maximum absolute atomic E-state index is 13.3. The fourth-order valence-corrected chi connectivity index (χ4v) is 5.76. The molecule has 0 bridgehead atoms. The summed E-state index contributed by atoms with van der Waals surface area (Å²) in [4.78, 5) is 31.9. The minimum atomic E-state index is -0.283. The van der Waals surface area contributed by atoms with Crippen LogP contribution in [-0.2, 0) is 0 Å². The van der Waals surface area contributed by atoms with Crippen LogP contribution in [0.4, 0.5) is 5.69 Å². The standard InChI is InChI=1S/C23H17BrN4O3S2/c1-12-18-21(33-19(12)20(29)25-15-7-9-16(31-2)10-8-15)26-23-28(22(18)30)27-17(11-32-23)13-3-5-14(24)6-4-13/h3-10H,11H2,1-2H3,(H,25,29). The topological polar surface area (TPSA) is 85.6 Å². The number of halogens is 1. The summed E-state index contributed by atoms with van der Waals surface area (Å²) in [5.41, 5.74) is 2.72. The van der Waals surface area contributed by atoms with E-state index in [2.05, 4.69) is 31.3 Å². The Bertz CT molecular complexity index is 1480. The Morgan fingerprint density at radius 1 is 1.15 bits per heavy atom. The quantitative estimate of drug-likeness (QED) is 0.362. The molecule has 1 aliphatic heterocycles. The number of nitrogens with zero attached hydrogens (tertiary/aromatic N) is 3. The van der Waals surface area contributed by atoms with Gasteiger partial charge in [-0.2, -0.15) is 9.78 Å². The van der Waals surface area contributed by atoms with E-state index in [0.29, 0.717) is 43.0 Å². The molecule has 0 spiro atoms. The zero-order valence-electron chi connectivity index (χ0n) is 17.6. The van der Waals surface area contributed by atoms with E-state index in [4.69, 9.17) is 4.74 Å². The minimum absolute atomic E-state index is 0.269. The Hall–Kier alpha value is -2.95. The molecular formula is C23H17BrN4O3S2. The lowest BCUT2D eigenvalue weighted by Crippen LogP contribution is -2.25. The van der Waals surface area contributed by atoms with Crippen LogP contribution < -0.4 is 15.6 Å². The highest BCUT2D eigenvalue weighted by Crippen LogP contribution is 2.31. The molecule has 0 saturated carbocycles. The van der Waals surface area contributed by atoms with Gasteiger partial charge in [-0.3, -0.25) is 9.59 Å². The Morgan fingerprint density at radius 3 is 2.58 bits per heavy atom. The third kappa shape index (κ3) is 4.09. The van der Waals surface area contributed by atoms with Gasteiger partial charge in [-0.05, 0) is 54.4 Å². The lowest BCUT2D eigenvalue weighted by molar-refractivity contribution is 0.103. The number of rotatable bonds is 4. The summed E-state index contributed by atoms with van der Waals surface area (Å²) >= 11 is 6.11. The first-order chi connectivity index (χ1) is 15.9. The molecule has 0 atom stereocenters. The fourth-order valence-electron chi connectivity index (χ4n) is 3.48. The number of hydrogen-bond donors (Lipinski definition) is 1. The highest BCUT2D eigenvalue weighted by molar-refractivity contribution is 9.10. The van der Waals surface area contributed by atoms with E-state index >= 15 is 0 Å². The van der Waals surface area contributed by atoms with Gasteiger partial charge in [-0.1, -0.05) is 39.8 Å². The van der Waals surface area contributed by atoms with Gasteiger partial charge < -0.3 is 10.1 Å². The molecule has 0 unspecified atom stereocenters. The number of ether oxygens (including phenoxy) is 1. The smallest absolute Gasteiger partial charge is 0.283 e. The summed E-state index contributed by atoms with van der Waals surface area (Å²) in [5, 5.41) is 8.41. The van der Waals surface area contributed by atoms with Gasteiger partial charge in [0.2, 0.25) is 0 Å². The molecule has 33 heavy (non-hydrogen) atoms. The predicted octanol–water partition coefficient (Wildman–Crippen LogP) is 5.15. The number of methoxy groups -OCH3 is 1. The molecule has 4 aromatic rings. The highest BCUT2D eigenvalue weighted by Gasteiger charge is 2.24. The van der Waals surface area contributed by atoms with Crippen LogP contribution in [-0.4, -0.2) is 34.1 Å². The minimum Gasteiger partial charge on any atom is -0.497 e. The lowest BCUT2D eigenvalue weighted by Gasteiger charge is -2.15. The second-order valence-corrected chi connectivity index (χ2v) is 10.1. The van der Waals surface area contributed by atoms with Gasteiger partial charge in [-0.25, -0.2) is 4.98 Å². The van der Waals surface area contributed by atoms with Crippen LogP contribution in [0.3, 0.4) is 0 Å². The lowest BCUT2D eigenvalue weighted by atomic mass is 10.1. The van der Waals surface area contributed by atoms with Crippen molar-refractivity contribution in [2.75, 3.05) is 18.2 Å². The number of hydrogen-bond acceptors (Lipinski definition) is 7. The largest absolute Gasteiger partial charge is 0.497 e. The third-order valence-corrected chi connectivity index (χ3v) is 7.86. The van der Waals surface area contributed by atoms with E-state index in [1.54, 1.807) is 38.3 Å². The summed E-state index contributed by atoms with van der Waals surface area (Å²) in [6.07, 6.45) is 0. The Kier molecular flexibility index (Phi) is 5.81. The van der Waals surface area contributed by atoms with Gasteiger partial charge in [-0.15, -0.1) is 11.3 Å². The van der Waals surface area contributed by atoms with Crippen LogP contribution in [0, 0.1) is 6.92 Å². The number of aromatic nitrogens is 2. The van der Waals surface area contributed by atoms with E-state index in [0.717, 1.165) is 15.7 Å². The van der Waals surface area contributed by atoms with Crippen LogP contribution in [0.15, 0.2) is 68.1 Å². The average molecular weight is 541 g/mol. The van der Waals surface area contributed by atoms with Gasteiger partial charge in [0.1, 0.15) is 10.6 Å². The van der Waals surface area contributed by atoms with Crippen molar-refractivity contribution in [2.24, 2.45) is 5.10 Å². The zero-order chi connectivity index (χ0) is 23.1. The summed E-state index contributed by atoms with van der Waals surface area (Å²) in [5.74, 6) is 1.03. The number of nitrogens with one attached hydrogen (secondary N) is 1. The molecule has 166 valence electrons. The van der Waals surface area contributed by atoms with Crippen molar-refractivity contribution < 1.29 is 9.53 Å². The predicted molar refractivity (Wildman–Crippen MR) is 136 cm³/mol. The molecule has 2 aromatic carbocycles. The molecule has 7 nitrogen and oxygen atoms in total. The van der Waals surface area contributed by atoms with E-state index in [9.17, 15) is 9.59 Å². The van der Waals surface area contributed by atoms with Gasteiger partial charge in [0.25, 0.3) is 11.5 Å². The molecule has 0 fully saturated rings. The third-order valence-electron chi connectivity index (χ3n) is 5.20. The molecule has 10 heteroatoms. The zero-order valence-corrected chi connectivity index (χ0v) is 20.8. The number of fused-ring (bicyclic) bond motifs is 2. The molecule has 3 heterocycles. The number of anilines is 1. The molecular weight excluding hydrogens is 524 g/mol. The molecule has 5 rings (SSSR count). The molecule has 0 saturated heterocycles. The summed E-state index contributed by atoms with van der Waals surface area (Å²) in [6.45, 7) is 1.77.